The first-order valence-electron chi connectivity index (χ1n) is 7.59. The van der Waals surface area contributed by atoms with Gasteiger partial charge in [-0.25, -0.2) is 4.79 Å². The van der Waals surface area contributed by atoms with Crippen molar-refractivity contribution in [1.82, 2.24) is 0 Å². The summed E-state index contributed by atoms with van der Waals surface area (Å²) in [5.74, 6) is -0.0557. The van der Waals surface area contributed by atoms with E-state index in [0.29, 0.717) is 6.07 Å². The Morgan fingerprint density at radius 2 is 1.77 bits per heavy atom. The van der Waals surface area contributed by atoms with Crippen LogP contribution in [0.15, 0.2) is 33.5 Å². The van der Waals surface area contributed by atoms with Gasteiger partial charge in [0.1, 0.15) is 29.6 Å². The molecule has 0 radical (unpaired) electrons. The van der Waals surface area contributed by atoms with Crippen LogP contribution in [-0.2, 0) is 10.9 Å². The van der Waals surface area contributed by atoms with Crippen molar-refractivity contribution >= 4 is 11.0 Å². The number of halogens is 3. The molecule has 7 nitrogen and oxygen atoms in total. The molecule has 2 heterocycles. The number of rotatable bonds is 2. The Morgan fingerprint density at radius 1 is 1.08 bits per heavy atom. The van der Waals surface area contributed by atoms with Gasteiger partial charge < -0.3 is 29.2 Å². The van der Waals surface area contributed by atoms with E-state index in [4.69, 9.17) is 13.9 Å². The van der Waals surface area contributed by atoms with Gasteiger partial charge in [-0.2, -0.15) is 13.2 Å². The van der Waals surface area contributed by atoms with Crippen molar-refractivity contribution in [2.45, 2.75) is 43.8 Å². The van der Waals surface area contributed by atoms with Crippen LogP contribution in [-0.4, -0.2) is 46.0 Å². The van der Waals surface area contributed by atoms with Crippen LogP contribution in [0.4, 0.5) is 13.2 Å². The maximum Gasteiger partial charge on any atom is 0.417 e. The Bertz CT molecular complexity index is 863. The van der Waals surface area contributed by atoms with Crippen LogP contribution in [0, 0.1) is 0 Å². The van der Waals surface area contributed by atoms with Crippen LogP contribution in [0.5, 0.6) is 5.75 Å². The van der Waals surface area contributed by atoms with Crippen LogP contribution in [0.3, 0.4) is 0 Å². The number of aliphatic hydroxyl groups is 3. The van der Waals surface area contributed by atoms with Crippen LogP contribution in [0.1, 0.15) is 12.5 Å². The monoisotopic (exact) mass is 376 g/mol. The minimum absolute atomic E-state index is 0.0557. The summed E-state index contributed by atoms with van der Waals surface area (Å²) in [6.45, 7) is 1.45. The molecule has 5 atom stereocenters. The quantitative estimate of drug-likeness (QED) is 0.672. The molecule has 0 saturated carbocycles. The lowest BCUT2D eigenvalue weighted by Gasteiger charge is -2.38. The largest absolute Gasteiger partial charge is 0.462 e. The lowest BCUT2D eigenvalue weighted by Crippen LogP contribution is -2.58. The zero-order valence-corrected chi connectivity index (χ0v) is 13.3. The molecule has 1 fully saturated rings. The standard InChI is InChI=1S/C16H15F3O7/c1-6-12(21)13(22)14(23)15(24-6)25-7-2-3-8-9(16(17,18)19)5-11(20)26-10(8)4-7/h2-6,12-15,21-23H,1H3/t6-,12-,13+,14-,15+/m1/s1. The molecular formula is C16H15F3O7. The third-order valence-electron chi connectivity index (χ3n) is 4.08. The number of aliphatic hydroxyl groups excluding tert-OH is 3. The van der Waals surface area contributed by atoms with Crippen molar-refractivity contribution in [2.75, 3.05) is 0 Å². The molecule has 1 aliphatic rings. The third-order valence-corrected chi connectivity index (χ3v) is 4.08. The van der Waals surface area contributed by atoms with Gasteiger partial charge in [-0.05, 0) is 19.1 Å². The maximum absolute atomic E-state index is 13.0. The number of ether oxygens (including phenoxy) is 2. The van der Waals surface area contributed by atoms with E-state index in [1.165, 1.54) is 13.0 Å². The minimum atomic E-state index is -4.74. The fourth-order valence-corrected chi connectivity index (χ4v) is 2.70. The zero-order valence-electron chi connectivity index (χ0n) is 13.3. The Kier molecular flexibility index (Phi) is 4.69. The molecule has 3 N–H and O–H groups in total. The number of alkyl halides is 3. The summed E-state index contributed by atoms with van der Waals surface area (Å²) in [6.07, 6.45) is -11.4. The molecule has 1 saturated heterocycles. The summed E-state index contributed by atoms with van der Waals surface area (Å²) in [6, 6.07) is 3.64. The smallest absolute Gasteiger partial charge is 0.417 e. The molecule has 26 heavy (non-hydrogen) atoms. The molecule has 0 unspecified atom stereocenters. The van der Waals surface area contributed by atoms with Gasteiger partial charge in [0, 0.05) is 17.5 Å². The van der Waals surface area contributed by atoms with E-state index in [-0.39, 0.29) is 16.7 Å². The van der Waals surface area contributed by atoms with Crippen LogP contribution in [0.25, 0.3) is 11.0 Å². The Hall–Kier alpha value is -2.14. The van der Waals surface area contributed by atoms with Gasteiger partial charge in [0.15, 0.2) is 0 Å². The molecule has 0 amide bonds. The van der Waals surface area contributed by atoms with Crippen molar-refractivity contribution < 1.29 is 42.4 Å². The van der Waals surface area contributed by atoms with E-state index in [0.717, 1.165) is 12.1 Å². The summed E-state index contributed by atoms with van der Waals surface area (Å²) in [5.41, 5.74) is -2.68. The SMILES string of the molecule is C[C@H]1O[C@@H](Oc2ccc3c(C(F)(F)F)cc(=O)oc3c2)[C@H](O)[C@@H](O)[C@@H]1O. The number of benzene rings is 1. The summed E-state index contributed by atoms with van der Waals surface area (Å²) in [5, 5.41) is 29.0. The second kappa shape index (κ2) is 6.54. The first kappa shape index (κ1) is 18.6. The summed E-state index contributed by atoms with van der Waals surface area (Å²) in [7, 11) is 0. The zero-order chi connectivity index (χ0) is 19.2. The normalized spacial score (nSPS) is 29.7. The van der Waals surface area contributed by atoms with Gasteiger partial charge in [0.25, 0.3) is 0 Å². The van der Waals surface area contributed by atoms with Crippen molar-refractivity contribution in [3.63, 3.8) is 0 Å². The lowest BCUT2D eigenvalue weighted by molar-refractivity contribution is -0.268. The van der Waals surface area contributed by atoms with Crippen molar-refractivity contribution in [1.29, 1.82) is 0 Å². The Balaban J connectivity index is 1.94. The first-order valence-corrected chi connectivity index (χ1v) is 7.59. The molecule has 3 rings (SSSR count). The van der Waals surface area contributed by atoms with Crippen molar-refractivity contribution in [2.24, 2.45) is 0 Å². The Morgan fingerprint density at radius 3 is 2.42 bits per heavy atom. The molecule has 0 bridgehead atoms. The van der Waals surface area contributed by atoms with Crippen LogP contribution < -0.4 is 10.4 Å². The third kappa shape index (κ3) is 3.40. The average Bonchev–Trinajstić information content (AvgIpc) is 2.56. The molecular weight excluding hydrogens is 361 g/mol. The highest BCUT2D eigenvalue weighted by atomic mass is 19.4. The predicted molar refractivity (Wildman–Crippen MR) is 80.5 cm³/mol. The van der Waals surface area contributed by atoms with Crippen molar-refractivity contribution in [3.8, 4) is 5.75 Å². The molecule has 1 aromatic heterocycles. The molecule has 2 aromatic rings. The molecule has 10 heteroatoms. The second-order valence-corrected chi connectivity index (χ2v) is 5.93. The predicted octanol–water partition coefficient (Wildman–Crippen LogP) is 1.02. The van der Waals surface area contributed by atoms with Crippen LogP contribution in [0.2, 0.25) is 0 Å². The number of hydrogen-bond acceptors (Lipinski definition) is 7. The topological polar surface area (TPSA) is 109 Å². The summed E-state index contributed by atoms with van der Waals surface area (Å²) < 4.78 is 54.5. The van der Waals surface area contributed by atoms with Gasteiger partial charge >= 0.3 is 11.8 Å². The molecule has 0 aliphatic carbocycles. The highest BCUT2D eigenvalue weighted by molar-refractivity contribution is 5.82. The fourth-order valence-electron chi connectivity index (χ4n) is 2.70. The summed E-state index contributed by atoms with van der Waals surface area (Å²) >= 11 is 0. The first-order chi connectivity index (χ1) is 12.1. The van der Waals surface area contributed by atoms with Crippen LogP contribution >= 0.6 is 0 Å². The Labute approximate surface area is 144 Å². The van der Waals surface area contributed by atoms with Gasteiger partial charge in [0.05, 0.1) is 11.7 Å². The molecule has 0 spiro atoms. The van der Waals surface area contributed by atoms with E-state index in [9.17, 15) is 33.3 Å². The van der Waals surface area contributed by atoms with Gasteiger partial charge in [0.2, 0.25) is 6.29 Å². The summed E-state index contributed by atoms with van der Waals surface area (Å²) in [4.78, 5) is 11.4. The average molecular weight is 376 g/mol. The van der Waals surface area contributed by atoms with Crippen molar-refractivity contribution in [3.05, 3.63) is 40.2 Å². The van der Waals surface area contributed by atoms with Gasteiger partial charge in [-0.15, -0.1) is 0 Å². The van der Waals surface area contributed by atoms with E-state index in [2.05, 4.69) is 0 Å². The van der Waals surface area contributed by atoms with Gasteiger partial charge in [-0.3, -0.25) is 0 Å². The number of hydrogen-bond donors (Lipinski definition) is 3. The van der Waals surface area contributed by atoms with E-state index in [1.54, 1.807) is 0 Å². The highest BCUT2D eigenvalue weighted by Gasteiger charge is 2.43. The van der Waals surface area contributed by atoms with E-state index in [1.807, 2.05) is 0 Å². The second-order valence-electron chi connectivity index (χ2n) is 5.93. The van der Waals surface area contributed by atoms with E-state index >= 15 is 0 Å². The number of fused-ring (bicyclic) bond motifs is 1. The van der Waals surface area contributed by atoms with Gasteiger partial charge in [-0.1, -0.05) is 0 Å². The maximum atomic E-state index is 13.0. The minimum Gasteiger partial charge on any atom is -0.462 e. The molecule has 142 valence electrons. The lowest BCUT2D eigenvalue weighted by atomic mass is 10.00. The highest BCUT2D eigenvalue weighted by Crippen LogP contribution is 2.35. The molecule has 1 aliphatic heterocycles. The van der Waals surface area contributed by atoms with E-state index < -0.39 is 48.1 Å². The fraction of sp³-hybridized carbons (Fsp3) is 0.438. The molecule has 1 aromatic carbocycles.